The summed E-state index contributed by atoms with van der Waals surface area (Å²) in [6.45, 7) is 1.90. The Balaban J connectivity index is 2.08. The second-order valence-corrected chi connectivity index (χ2v) is 4.59. The van der Waals surface area contributed by atoms with Crippen LogP contribution in [0.3, 0.4) is 0 Å². The Morgan fingerprint density at radius 1 is 0.857 bits per heavy atom. The smallest absolute Gasteiger partial charge is 0.296 e. The number of rotatable bonds is 4. The van der Waals surface area contributed by atoms with Gasteiger partial charge in [0.1, 0.15) is 0 Å². The number of primary amides is 1. The Kier molecular flexibility index (Phi) is 4.13. The molecule has 0 aliphatic carbocycles. The number of nitrogens with two attached hydrogens (primary N) is 1. The molecule has 0 aromatic heterocycles. The van der Waals surface area contributed by atoms with E-state index in [0.717, 1.165) is 5.56 Å². The molecule has 0 saturated heterocycles. The Hall–Kier alpha value is -2.95. The third-order valence-corrected chi connectivity index (χ3v) is 2.95. The third-order valence-electron chi connectivity index (χ3n) is 2.95. The van der Waals surface area contributed by atoms with Crippen LogP contribution in [-0.4, -0.2) is 17.6 Å². The van der Waals surface area contributed by atoms with Gasteiger partial charge in [-0.1, -0.05) is 29.8 Å². The average Bonchev–Trinajstić information content (AvgIpc) is 2.47. The maximum atomic E-state index is 11.9. The Morgan fingerprint density at radius 2 is 1.38 bits per heavy atom. The number of carbonyl (C=O) groups excluding carboxylic acids is 3. The zero-order chi connectivity index (χ0) is 15.4. The number of nitrogens with one attached hydrogen (secondary N) is 1. The van der Waals surface area contributed by atoms with Crippen molar-refractivity contribution >= 4 is 23.3 Å². The molecule has 2 rings (SSSR count). The van der Waals surface area contributed by atoms with Crippen molar-refractivity contribution in [1.29, 1.82) is 0 Å². The van der Waals surface area contributed by atoms with Crippen molar-refractivity contribution in [2.45, 2.75) is 6.92 Å². The molecule has 0 bridgehead atoms. The summed E-state index contributed by atoms with van der Waals surface area (Å²) in [5.41, 5.74) is 7.21. The van der Waals surface area contributed by atoms with Gasteiger partial charge < -0.3 is 11.1 Å². The highest BCUT2D eigenvalue weighted by atomic mass is 16.2. The summed E-state index contributed by atoms with van der Waals surface area (Å²) < 4.78 is 0. The quantitative estimate of drug-likeness (QED) is 0.663. The molecule has 0 atom stereocenters. The summed E-state index contributed by atoms with van der Waals surface area (Å²) in [5, 5.41) is 2.48. The number of benzene rings is 2. The van der Waals surface area contributed by atoms with Gasteiger partial charge in [0.15, 0.2) is 0 Å². The molecule has 0 spiro atoms. The van der Waals surface area contributed by atoms with Crippen LogP contribution in [0.25, 0.3) is 0 Å². The number of aryl methyl sites for hydroxylation is 1. The molecule has 106 valence electrons. The van der Waals surface area contributed by atoms with Crippen molar-refractivity contribution in [3.63, 3.8) is 0 Å². The van der Waals surface area contributed by atoms with Gasteiger partial charge in [-0.05, 0) is 31.2 Å². The predicted octanol–water partition coefficient (Wildman–Crippen LogP) is 1.92. The van der Waals surface area contributed by atoms with Crippen LogP contribution in [0.15, 0.2) is 48.5 Å². The van der Waals surface area contributed by atoms with Crippen LogP contribution >= 0.6 is 0 Å². The first-order chi connectivity index (χ1) is 9.97. The number of hydrogen-bond donors (Lipinski definition) is 2. The summed E-state index contributed by atoms with van der Waals surface area (Å²) in [5.74, 6) is -1.90. The molecule has 5 heteroatoms. The summed E-state index contributed by atoms with van der Waals surface area (Å²) in [6, 6.07) is 12.7. The number of amides is 2. The monoisotopic (exact) mass is 282 g/mol. The van der Waals surface area contributed by atoms with Crippen molar-refractivity contribution in [2.75, 3.05) is 5.32 Å². The standard InChI is InChI=1S/C16H14N2O3/c1-10-2-4-11(5-3-10)14(19)16(21)18-13-8-6-12(7-9-13)15(17)20/h2-9H,1H3,(H2,17,20)(H,18,21). The molecule has 5 nitrogen and oxygen atoms in total. The normalized spacial score (nSPS) is 9.95. The minimum Gasteiger partial charge on any atom is -0.366 e. The van der Waals surface area contributed by atoms with Gasteiger partial charge in [0.25, 0.3) is 11.7 Å². The molecule has 0 heterocycles. The SMILES string of the molecule is Cc1ccc(C(=O)C(=O)Nc2ccc(C(N)=O)cc2)cc1. The van der Waals surface area contributed by atoms with Gasteiger partial charge in [0.2, 0.25) is 5.91 Å². The van der Waals surface area contributed by atoms with E-state index in [1.54, 1.807) is 24.3 Å². The highest BCUT2D eigenvalue weighted by Crippen LogP contribution is 2.11. The minimum atomic E-state index is -0.731. The topological polar surface area (TPSA) is 89.3 Å². The lowest BCUT2D eigenvalue weighted by Crippen LogP contribution is -2.22. The van der Waals surface area contributed by atoms with Crippen LogP contribution in [0.5, 0.6) is 0 Å². The largest absolute Gasteiger partial charge is 0.366 e. The fourth-order valence-corrected chi connectivity index (χ4v) is 1.74. The third kappa shape index (κ3) is 3.54. The van der Waals surface area contributed by atoms with Gasteiger partial charge in [0, 0.05) is 16.8 Å². The van der Waals surface area contributed by atoms with Crippen molar-refractivity contribution in [1.82, 2.24) is 0 Å². The highest BCUT2D eigenvalue weighted by Gasteiger charge is 2.16. The number of hydrogen-bond acceptors (Lipinski definition) is 3. The second kappa shape index (κ2) is 6.00. The number of anilines is 1. The molecule has 0 aliphatic rings. The summed E-state index contributed by atoms with van der Waals surface area (Å²) in [7, 11) is 0. The van der Waals surface area contributed by atoms with Crippen LogP contribution < -0.4 is 11.1 Å². The molecule has 2 aromatic carbocycles. The molecule has 2 aromatic rings. The van der Waals surface area contributed by atoms with Crippen molar-refractivity contribution in [3.05, 3.63) is 65.2 Å². The van der Waals surface area contributed by atoms with Crippen molar-refractivity contribution < 1.29 is 14.4 Å². The zero-order valence-corrected chi connectivity index (χ0v) is 11.4. The molecule has 0 radical (unpaired) electrons. The summed E-state index contributed by atoms with van der Waals surface area (Å²) in [6.07, 6.45) is 0. The maximum Gasteiger partial charge on any atom is 0.296 e. The zero-order valence-electron chi connectivity index (χ0n) is 11.4. The lowest BCUT2D eigenvalue weighted by atomic mass is 10.1. The second-order valence-electron chi connectivity index (χ2n) is 4.59. The van der Waals surface area contributed by atoms with Crippen molar-refractivity contribution in [2.24, 2.45) is 5.73 Å². The minimum absolute atomic E-state index is 0.326. The number of Topliss-reactive ketones (excluding diaryl/α,β-unsaturated/α-hetero) is 1. The summed E-state index contributed by atoms with van der Waals surface area (Å²) >= 11 is 0. The fourth-order valence-electron chi connectivity index (χ4n) is 1.74. The molecule has 0 unspecified atom stereocenters. The van der Waals surface area contributed by atoms with Gasteiger partial charge in [-0.25, -0.2) is 0 Å². The van der Waals surface area contributed by atoms with Crippen LogP contribution in [-0.2, 0) is 4.79 Å². The Labute approximate surface area is 121 Å². The van der Waals surface area contributed by atoms with E-state index < -0.39 is 17.6 Å². The van der Waals surface area contributed by atoms with E-state index in [0.29, 0.717) is 16.8 Å². The molecule has 3 N–H and O–H groups in total. The van der Waals surface area contributed by atoms with Gasteiger partial charge in [0.05, 0.1) is 0 Å². The van der Waals surface area contributed by atoms with Gasteiger partial charge >= 0.3 is 0 Å². The molecule has 0 saturated carbocycles. The van der Waals surface area contributed by atoms with E-state index in [1.807, 2.05) is 6.92 Å². The number of carbonyl (C=O) groups is 3. The maximum absolute atomic E-state index is 11.9. The van der Waals surface area contributed by atoms with Crippen molar-refractivity contribution in [3.8, 4) is 0 Å². The summed E-state index contributed by atoms with van der Waals surface area (Å²) in [4.78, 5) is 34.7. The first-order valence-electron chi connectivity index (χ1n) is 6.29. The van der Waals surface area contributed by atoms with Crippen LogP contribution in [0.1, 0.15) is 26.3 Å². The van der Waals surface area contributed by atoms with Crippen LogP contribution in [0, 0.1) is 6.92 Å². The lowest BCUT2D eigenvalue weighted by Gasteiger charge is -2.05. The molecule has 21 heavy (non-hydrogen) atoms. The fraction of sp³-hybridized carbons (Fsp3) is 0.0625. The van der Waals surface area contributed by atoms with Crippen LogP contribution in [0.4, 0.5) is 5.69 Å². The van der Waals surface area contributed by atoms with Crippen LogP contribution in [0.2, 0.25) is 0 Å². The Morgan fingerprint density at radius 3 is 1.90 bits per heavy atom. The Bertz CT molecular complexity index is 688. The van der Waals surface area contributed by atoms with Gasteiger partial charge in [-0.2, -0.15) is 0 Å². The first-order valence-corrected chi connectivity index (χ1v) is 6.29. The predicted molar refractivity (Wildman–Crippen MR) is 79.1 cm³/mol. The van der Waals surface area contributed by atoms with E-state index in [1.165, 1.54) is 24.3 Å². The van der Waals surface area contributed by atoms with E-state index in [4.69, 9.17) is 5.73 Å². The lowest BCUT2D eigenvalue weighted by molar-refractivity contribution is -0.112. The van der Waals surface area contributed by atoms with E-state index in [9.17, 15) is 14.4 Å². The highest BCUT2D eigenvalue weighted by molar-refractivity contribution is 6.46. The molecular weight excluding hydrogens is 268 g/mol. The van der Waals surface area contributed by atoms with E-state index in [-0.39, 0.29) is 0 Å². The average molecular weight is 282 g/mol. The van der Waals surface area contributed by atoms with E-state index in [2.05, 4.69) is 5.32 Å². The molecular formula is C16H14N2O3. The molecule has 0 fully saturated rings. The molecule has 2 amide bonds. The molecule has 0 aliphatic heterocycles. The van der Waals surface area contributed by atoms with E-state index >= 15 is 0 Å². The van der Waals surface area contributed by atoms with Gasteiger partial charge in [-0.15, -0.1) is 0 Å². The first kappa shape index (κ1) is 14.5. The number of ketones is 1. The van der Waals surface area contributed by atoms with Gasteiger partial charge in [-0.3, -0.25) is 14.4 Å².